The maximum Gasteiger partial charge on any atom is 0.259 e. The van der Waals surface area contributed by atoms with E-state index >= 15 is 0 Å². The van der Waals surface area contributed by atoms with Crippen molar-refractivity contribution in [3.05, 3.63) is 23.0 Å². The first-order chi connectivity index (χ1) is 12.3. The number of nitrogens with zero attached hydrogens (tertiary/aromatic N) is 2. The van der Waals surface area contributed by atoms with Crippen LogP contribution in [0.25, 0.3) is 11.1 Å². The highest BCUT2D eigenvalue weighted by molar-refractivity contribution is 6.06. The first-order valence-electron chi connectivity index (χ1n) is 9.54. The summed E-state index contributed by atoms with van der Waals surface area (Å²) in [6, 6.07) is 1.96. The molecule has 2 N–H and O–H groups in total. The number of pyridine rings is 1. The van der Waals surface area contributed by atoms with Crippen molar-refractivity contribution >= 4 is 17.0 Å². The third kappa shape index (κ3) is 3.54. The van der Waals surface area contributed by atoms with Crippen LogP contribution in [-0.2, 0) is 6.42 Å². The Morgan fingerprint density at radius 2 is 2.28 bits per heavy atom. The van der Waals surface area contributed by atoms with Crippen molar-refractivity contribution in [3.63, 3.8) is 0 Å². The van der Waals surface area contributed by atoms with Gasteiger partial charge in [-0.25, -0.2) is 4.98 Å². The molecule has 6 heteroatoms. The van der Waals surface area contributed by atoms with Gasteiger partial charge < -0.3 is 15.2 Å². The van der Waals surface area contributed by atoms with E-state index in [0.717, 1.165) is 55.5 Å². The van der Waals surface area contributed by atoms with Crippen molar-refractivity contribution < 1.29 is 9.32 Å². The lowest BCUT2D eigenvalue weighted by Gasteiger charge is -2.23. The second kappa shape index (κ2) is 7.12. The zero-order valence-electron chi connectivity index (χ0n) is 14.8. The Hall–Kier alpha value is -1.95. The van der Waals surface area contributed by atoms with Crippen LogP contribution in [0, 0.1) is 5.92 Å². The molecule has 3 heterocycles. The quantitative estimate of drug-likeness (QED) is 0.844. The molecular formula is C19H26N4O2. The van der Waals surface area contributed by atoms with Gasteiger partial charge in [-0.15, -0.1) is 0 Å². The molecule has 1 saturated heterocycles. The summed E-state index contributed by atoms with van der Waals surface area (Å²) in [4.78, 5) is 17.5. The highest BCUT2D eigenvalue weighted by Gasteiger charge is 2.29. The van der Waals surface area contributed by atoms with Crippen LogP contribution in [0.2, 0.25) is 0 Å². The van der Waals surface area contributed by atoms with Crippen LogP contribution in [0.4, 0.5) is 0 Å². The Balaban J connectivity index is 1.60. The van der Waals surface area contributed by atoms with Gasteiger partial charge in [-0.1, -0.05) is 18.5 Å². The molecule has 0 spiro atoms. The average Bonchev–Trinajstić information content (AvgIpc) is 3.42. The maximum atomic E-state index is 12.9. The lowest BCUT2D eigenvalue weighted by molar-refractivity contribution is 0.0946. The minimum absolute atomic E-state index is 0.0274. The van der Waals surface area contributed by atoms with Gasteiger partial charge in [0.1, 0.15) is 0 Å². The summed E-state index contributed by atoms with van der Waals surface area (Å²) in [7, 11) is 0. The number of nitrogens with one attached hydrogen (secondary N) is 2. The molecule has 1 amide bonds. The minimum atomic E-state index is -0.0274. The van der Waals surface area contributed by atoms with Crippen LogP contribution in [0.3, 0.4) is 0 Å². The Kier molecular flexibility index (Phi) is 4.70. The van der Waals surface area contributed by atoms with E-state index in [2.05, 4.69) is 27.7 Å². The fraction of sp³-hybridized carbons (Fsp3) is 0.632. The summed E-state index contributed by atoms with van der Waals surface area (Å²) >= 11 is 0. The highest BCUT2D eigenvalue weighted by Crippen LogP contribution is 2.40. The van der Waals surface area contributed by atoms with E-state index in [1.54, 1.807) is 0 Å². The van der Waals surface area contributed by atoms with Crippen LogP contribution in [0.15, 0.2) is 10.6 Å². The van der Waals surface area contributed by atoms with Crippen molar-refractivity contribution in [3.8, 4) is 0 Å². The predicted octanol–water partition coefficient (Wildman–Crippen LogP) is 2.78. The maximum absolute atomic E-state index is 12.9. The van der Waals surface area contributed by atoms with Gasteiger partial charge in [0.25, 0.3) is 11.6 Å². The normalized spacial score (nSPS) is 20.8. The predicted molar refractivity (Wildman–Crippen MR) is 95.7 cm³/mol. The minimum Gasteiger partial charge on any atom is -0.352 e. The van der Waals surface area contributed by atoms with Gasteiger partial charge in [-0.05, 0) is 57.2 Å². The molecule has 2 fully saturated rings. The zero-order chi connectivity index (χ0) is 17.2. The molecule has 2 aromatic rings. The molecule has 1 aliphatic carbocycles. The summed E-state index contributed by atoms with van der Waals surface area (Å²) in [6.45, 7) is 4.88. The van der Waals surface area contributed by atoms with Crippen molar-refractivity contribution in [1.82, 2.24) is 20.8 Å². The Labute approximate surface area is 147 Å². The first kappa shape index (κ1) is 16.5. The third-order valence-corrected chi connectivity index (χ3v) is 5.21. The average molecular weight is 342 g/mol. The van der Waals surface area contributed by atoms with Crippen molar-refractivity contribution in [2.45, 2.75) is 51.4 Å². The van der Waals surface area contributed by atoms with Crippen LogP contribution in [0.5, 0.6) is 0 Å². The van der Waals surface area contributed by atoms with Gasteiger partial charge in [0.15, 0.2) is 0 Å². The van der Waals surface area contributed by atoms with Gasteiger partial charge in [-0.3, -0.25) is 4.79 Å². The Bertz CT molecular complexity index is 760. The second-order valence-electron chi connectivity index (χ2n) is 7.35. The number of carbonyl (C=O) groups is 1. The summed E-state index contributed by atoms with van der Waals surface area (Å²) in [6.07, 6.45) is 6.39. The number of fused-ring (bicyclic) bond motifs is 1. The van der Waals surface area contributed by atoms with E-state index in [1.807, 2.05) is 6.07 Å². The number of aryl methyl sites for hydroxylation is 1. The van der Waals surface area contributed by atoms with Crippen molar-refractivity contribution in [1.29, 1.82) is 0 Å². The lowest BCUT2D eigenvalue weighted by Crippen LogP contribution is -2.38. The molecule has 2 aromatic heterocycles. The molecule has 1 atom stereocenters. The number of aromatic nitrogens is 2. The molecule has 6 nitrogen and oxygen atoms in total. The van der Waals surface area contributed by atoms with Gasteiger partial charge in [0.05, 0.1) is 16.6 Å². The van der Waals surface area contributed by atoms with E-state index in [-0.39, 0.29) is 5.91 Å². The molecule has 1 aliphatic heterocycles. The van der Waals surface area contributed by atoms with Crippen LogP contribution in [-0.4, -0.2) is 35.7 Å². The Morgan fingerprint density at radius 3 is 3.00 bits per heavy atom. The standard InChI is InChI=1S/C19H26N4O2/c1-2-4-15-17-14(18(24)21-11-12-5-3-8-20-10-12)9-16(13-6-7-13)22-19(17)25-23-15/h9,12-13,20H,2-8,10-11H2,1H3,(H,21,24). The monoisotopic (exact) mass is 342 g/mol. The largest absolute Gasteiger partial charge is 0.352 e. The highest BCUT2D eigenvalue weighted by atomic mass is 16.5. The number of hydrogen-bond donors (Lipinski definition) is 2. The molecular weight excluding hydrogens is 316 g/mol. The fourth-order valence-electron chi connectivity index (χ4n) is 3.63. The molecule has 4 rings (SSSR count). The number of rotatable bonds is 6. The van der Waals surface area contributed by atoms with Gasteiger partial charge in [0.2, 0.25) is 0 Å². The van der Waals surface area contributed by atoms with Crippen LogP contribution >= 0.6 is 0 Å². The molecule has 134 valence electrons. The smallest absolute Gasteiger partial charge is 0.259 e. The van der Waals surface area contributed by atoms with Gasteiger partial charge in [-0.2, -0.15) is 0 Å². The first-order valence-corrected chi connectivity index (χ1v) is 9.54. The molecule has 25 heavy (non-hydrogen) atoms. The topological polar surface area (TPSA) is 80.0 Å². The number of hydrogen-bond acceptors (Lipinski definition) is 5. The number of amides is 1. The summed E-state index contributed by atoms with van der Waals surface area (Å²) < 4.78 is 5.45. The molecule has 0 radical (unpaired) electrons. The van der Waals surface area contributed by atoms with Gasteiger partial charge in [0, 0.05) is 18.2 Å². The lowest BCUT2D eigenvalue weighted by atomic mass is 9.99. The second-order valence-corrected chi connectivity index (χ2v) is 7.35. The summed E-state index contributed by atoms with van der Waals surface area (Å²) in [5, 5.41) is 11.5. The van der Waals surface area contributed by atoms with Crippen molar-refractivity contribution in [2.75, 3.05) is 19.6 Å². The molecule has 1 saturated carbocycles. The fourth-order valence-corrected chi connectivity index (χ4v) is 3.63. The van der Waals surface area contributed by atoms with Crippen molar-refractivity contribution in [2.24, 2.45) is 5.92 Å². The van der Waals surface area contributed by atoms with E-state index in [1.165, 1.54) is 12.8 Å². The molecule has 0 bridgehead atoms. The van der Waals surface area contributed by atoms with Gasteiger partial charge >= 0.3 is 0 Å². The molecule has 2 aliphatic rings. The van der Waals surface area contributed by atoms with E-state index in [4.69, 9.17) is 4.52 Å². The number of piperidine rings is 1. The number of carbonyl (C=O) groups excluding carboxylic acids is 1. The Morgan fingerprint density at radius 1 is 1.40 bits per heavy atom. The molecule has 1 unspecified atom stereocenters. The van der Waals surface area contributed by atoms with E-state index in [9.17, 15) is 4.79 Å². The summed E-state index contributed by atoms with van der Waals surface area (Å²) in [5.41, 5.74) is 3.01. The SMILES string of the molecule is CCCc1noc2nc(C3CC3)cc(C(=O)NCC3CCCNC3)c12. The summed E-state index contributed by atoms with van der Waals surface area (Å²) in [5.74, 6) is 0.953. The van der Waals surface area contributed by atoms with Crippen LogP contribution < -0.4 is 10.6 Å². The van der Waals surface area contributed by atoms with Crippen LogP contribution in [0.1, 0.15) is 66.7 Å². The van der Waals surface area contributed by atoms with E-state index in [0.29, 0.717) is 29.7 Å². The molecule has 0 aromatic carbocycles. The van der Waals surface area contributed by atoms with E-state index < -0.39 is 0 Å². The zero-order valence-corrected chi connectivity index (χ0v) is 14.8. The third-order valence-electron chi connectivity index (χ3n) is 5.21.